The second-order valence-corrected chi connectivity index (χ2v) is 7.98. The summed E-state index contributed by atoms with van der Waals surface area (Å²) in [7, 11) is 0. The highest BCUT2D eigenvalue weighted by Gasteiger charge is 2.12. The molecule has 0 aliphatic heterocycles. The van der Waals surface area contributed by atoms with Crippen molar-refractivity contribution in [1.82, 2.24) is 10.3 Å². The van der Waals surface area contributed by atoms with Gasteiger partial charge in [0.25, 0.3) is 0 Å². The van der Waals surface area contributed by atoms with Crippen LogP contribution in [-0.2, 0) is 13.2 Å². The summed E-state index contributed by atoms with van der Waals surface area (Å²) in [4.78, 5) is 4.43. The molecule has 3 nitrogen and oxygen atoms in total. The van der Waals surface area contributed by atoms with E-state index in [0.717, 1.165) is 33.0 Å². The van der Waals surface area contributed by atoms with Crippen molar-refractivity contribution in [2.24, 2.45) is 0 Å². The van der Waals surface area contributed by atoms with Crippen molar-refractivity contribution in [3.8, 4) is 5.75 Å². The predicted octanol–water partition coefficient (Wildman–Crippen LogP) is 4.68. The number of halogens is 1. The van der Waals surface area contributed by atoms with Crippen molar-refractivity contribution < 1.29 is 4.74 Å². The number of aromatic nitrogens is 1. The van der Waals surface area contributed by atoms with Gasteiger partial charge in [0.05, 0.1) is 10.7 Å². The molecule has 0 fully saturated rings. The Balaban J connectivity index is 2.07. The molecule has 1 heterocycles. The summed E-state index contributed by atoms with van der Waals surface area (Å²) < 4.78 is 7.00. The summed E-state index contributed by atoms with van der Waals surface area (Å²) in [6.45, 7) is 9.76. The number of thiazole rings is 1. The molecule has 0 amide bonds. The third kappa shape index (κ3) is 5.41. The Kier molecular flexibility index (Phi) is 5.41. The first-order chi connectivity index (χ1) is 9.83. The lowest BCUT2D eigenvalue weighted by molar-refractivity contribution is 0.296. The topological polar surface area (TPSA) is 34.1 Å². The van der Waals surface area contributed by atoms with Crippen LogP contribution < -0.4 is 10.1 Å². The molecule has 114 valence electrons. The highest BCUT2D eigenvalue weighted by molar-refractivity contribution is 9.10. The van der Waals surface area contributed by atoms with Crippen LogP contribution in [0.4, 0.5) is 0 Å². The van der Waals surface area contributed by atoms with E-state index in [2.05, 4.69) is 53.1 Å². The van der Waals surface area contributed by atoms with Gasteiger partial charge in [-0.3, -0.25) is 0 Å². The Labute approximate surface area is 138 Å². The first kappa shape index (κ1) is 16.5. The number of benzene rings is 1. The molecule has 0 spiro atoms. The van der Waals surface area contributed by atoms with E-state index in [1.165, 1.54) is 0 Å². The van der Waals surface area contributed by atoms with Gasteiger partial charge >= 0.3 is 0 Å². The van der Waals surface area contributed by atoms with Gasteiger partial charge in [0, 0.05) is 27.5 Å². The van der Waals surface area contributed by atoms with Gasteiger partial charge in [0.2, 0.25) is 0 Å². The largest absolute Gasteiger partial charge is 0.487 e. The minimum Gasteiger partial charge on any atom is -0.487 e. The van der Waals surface area contributed by atoms with Crippen LogP contribution >= 0.6 is 27.3 Å². The van der Waals surface area contributed by atoms with Crippen LogP contribution in [-0.4, -0.2) is 10.5 Å². The number of nitrogens with one attached hydrogen (secondary N) is 1. The molecule has 0 saturated carbocycles. The fourth-order valence-corrected chi connectivity index (χ4v) is 2.82. The molecule has 0 unspecified atom stereocenters. The van der Waals surface area contributed by atoms with Gasteiger partial charge in [-0.05, 0) is 45.9 Å². The second kappa shape index (κ2) is 6.90. The average molecular weight is 369 g/mol. The van der Waals surface area contributed by atoms with Gasteiger partial charge in [-0.25, -0.2) is 4.98 Å². The predicted molar refractivity (Wildman–Crippen MR) is 91.9 cm³/mol. The minimum absolute atomic E-state index is 0.0750. The van der Waals surface area contributed by atoms with E-state index >= 15 is 0 Å². The van der Waals surface area contributed by atoms with Crippen molar-refractivity contribution in [3.63, 3.8) is 0 Å². The van der Waals surface area contributed by atoms with Crippen molar-refractivity contribution in [2.75, 3.05) is 0 Å². The summed E-state index contributed by atoms with van der Waals surface area (Å²) in [6.07, 6.45) is 0. The van der Waals surface area contributed by atoms with Crippen molar-refractivity contribution in [3.05, 3.63) is 44.3 Å². The average Bonchev–Trinajstić information content (AvgIpc) is 2.80. The Morgan fingerprint density at radius 1 is 1.33 bits per heavy atom. The molecule has 0 atom stereocenters. The van der Waals surface area contributed by atoms with E-state index in [0.29, 0.717) is 6.61 Å². The van der Waals surface area contributed by atoms with E-state index in [1.807, 2.05) is 24.4 Å². The van der Waals surface area contributed by atoms with Crippen LogP contribution in [0.2, 0.25) is 0 Å². The second-order valence-electron chi connectivity index (χ2n) is 6.00. The fraction of sp³-hybridized carbons (Fsp3) is 0.438. The Morgan fingerprint density at radius 3 is 2.71 bits per heavy atom. The molecule has 0 aliphatic carbocycles. The molecule has 21 heavy (non-hydrogen) atoms. The monoisotopic (exact) mass is 368 g/mol. The van der Waals surface area contributed by atoms with Gasteiger partial charge in [0.15, 0.2) is 0 Å². The maximum atomic E-state index is 5.94. The number of rotatable bonds is 5. The van der Waals surface area contributed by atoms with Crippen LogP contribution in [0.1, 0.15) is 37.0 Å². The molecular weight excluding hydrogens is 348 g/mol. The quantitative estimate of drug-likeness (QED) is 0.831. The Morgan fingerprint density at radius 2 is 2.10 bits per heavy atom. The standard InChI is InChI=1S/C16H21BrN2OS/c1-11-19-14(10-21-11)9-20-15-6-5-13(17)7-12(15)8-18-16(2,3)4/h5-7,10,18H,8-9H2,1-4H3. The lowest BCUT2D eigenvalue weighted by Crippen LogP contribution is -2.35. The smallest absolute Gasteiger partial charge is 0.131 e. The summed E-state index contributed by atoms with van der Waals surface area (Å²) in [5.41, 5.74) is 2.20. The lowest BCUT2D eigenvalue weighted by Gasteiger charge is -2.21. The Bertz CT molecular complexity index is 605. The first-order valence-corrected chi connectivity index (χ1v) is 8.58. The van der Waals surface area contributed by atoms with Crippen LogP contribution in [0, 0.1) is 6.92 Å². The molecule has 1 N–H and O–H groups in total. The summed E-state index contributed by atoms with van der Waals surface area (Å²) in [5, 5.41) is 6.61. The third-order valence-corrected chi connectivity index (χ3v) is 4.19. The van der Waals surface area contributed by atoms with E-state index in [4.69, 9.17) is 4.74 Å². The zero-order valence-corrected chi connectivity index (χ0v) is 15.3. The van der Waals surface area contributed by atoms with E-state index in [1.54, 1.807) is 11.3 Å². The van der Waals surface area contributed by atoms with E-state index in [9.17, 15) is 0 Å². The molecule has 0 aliphatic rings. The fourth-order valence-electron chi connectivity index (χ4n) is 1.81. The highest BCUT2D eigenvalue weighted by Crippen LogP contribution is 2.25. The van der Waals surface area contributed by atoms with Crippen molar-refractivity contribution >= 4 is 27.3 Å². The summed E-state index contributed by atoms with van der Waals surface area (Å²) in [5.74, 6) is 0.903. The van der Waals surface area contributed by atoms with Crippen molar-refractivity contribution in [2.45, 2.75) is 46.4 Å². The normalized spacial score (nSPS) is 11.7. The molecular formula is C16H21BrN2OS. The Hall–Kier alpha value is -0.910. The molecule has 2 aromatic rings. The number of hydrogen-bond donors (Lipinski definition) is 1. The van der Waals surface area contributed by atoms with Gasteiger partial charge in [-0.2, -0.15) is 0 Å². The van der Waals surface area contributed by atoms with Gasteiger partial charge in [-0.1, -0.05) is 15.9 Å². The number of nitrogens with zero attached hydrogens (tertiary/aromatic N) is 1. The number of hydrogen-bond acceptors (Lipinski definition) is 4. The molecule has 2 rings (SSSR count). The summed E-state index contributed by atoms with van der Waals surface area (Å²) >= 11 is 5.17. The zero-order valence-electron chi connectivity index (χ0n) is 12.9. The first-order valence-electron chi connectivity index (χ1n) is 6.91. The maximum Gasteiger partial charge on any atom is 0.131 e. The molecule has 1 aromatic heterocycles. The van der Waals surface area contributed by atoms with Crippen LogP contribution in [0.15, 0.2) is 28.1 Å². The molecule has 0 bridgehead atoms. The SMILES string of the molecule is Cc1nc(COc2ccc(Br)cc2CNC(C)(C)C)cs1. The third-order valence-electron chi connectivity index (χ3n) is 2.87. The maximum absolute atomic E-state index is 5.94. The summed E-state index contributed by atoms with van der Waals surface area (Å²) in [6, 6.07) is 6.10. The van der Waals surface area contributed by atoms with Gasteiger partial charge in [-0.15, -0.1) is 11.3 Å². The van der Waals surface area contributed by atoms with Crippen LogP contribution in [0.3, 0.4) is 0 Å². The van der Waals surface area contributed by atoms with Gasteiger partial charge < -0.3 is 10.1 Å². The van der Waals surface area contributed by atoms with E-state index in [-0.39, 0.29) is 5.54 Å². The van der Waals surface area contributed by atoms with Crippen LogP contribution in [0.5, 0.6) is 5.75 Å². The molecule has 0 radical (unpaired) electrons. The number of ether oxygens (including phenoxy) is 1. The lowest BCUT2D eigenvalue weighted by atomic mass is 10.1. The van der Waals surface area contributed by atoms with E-state index < -0.39 is 0 Å². The number of aryl methyl sites for hydroxylation is 1. The van der Waals surface area contributed by atoms with Gasteiger partial charge in [0.1, 0.15) is 12.4 Å². The molecule has 1 aromatic carbocycles. The minimum atomic E-state index is 0.0750. The van der Waals surface area contributed by atoms with Crippen molar-refractivity contribution in [1.29, 1.82) is 0 Å². The van der Waals surface area contributed by atoms with Crippen LogP contribution in [0.25, 0.3) is 0 Å². The molecule has 5 heteroatoms. The highest BCUT2D eigenvalue weighted by atomic mass is 79.9. The zero-order chi connectivity index (χ0) is 15.5. The molecule has 0 saturated heterocycles.